The van der Waals surface area contributed by atoms with Gasteiger partial charge in [0.25, 0.3) is 5.78 Å². The van der Waals surface area contributed by atoms with E-state index in [1.54, 1.807) is 49.5 Å². The number of hydrogen-bond donors (Lipinski definition) is 0. The van der Waals surface area contributed by atoms with Crippen LogP contribution in [-0.4, -0.2) is 29.5 Å². The molecular weight excluding hydrogens is 357 g/mol. The number of carbonyl (C=O) groups is 2. The number of ketones is 1. The van der Waals surface area contributed by atoms with E-state index in [2.05, 4.69) is 0 Å². The van der Waals surface area contributed by atoms with Gasteiger partial charge in [-0.1, -0.05) is 36.4 Å². The van der Waals surface area contributed by atoms with Crippen molar-refractivity contribution in [1.82, 2.24) is 4.57 Å². The third kappa shape index (κ3) is 3.45. The summed E-state index contributed by atoms with van der Waals surface area (Å²) in [5.41, 5.74) is 0.794. The van der Waals surface area contributed by atoms with Crippen LogP contribution in [0.1, 0.15) is 16.1 Å². The third-order valence-corrected chi connectivity index (χ3v) is 4.53. The van der Waals surface area contributed by atoms with Crippen LogP contribution >= 0.6 is 0 Å². The van der Waals surface area contributed by atoms with Crippen molar-refractivity contribution in [3.05, 3.63) is 65.9 Å². The van der Waals surface area contributed by atoms with Crippen molar-refractivity contribution in [3.8, 4) is 0 Å². The Morgan fingerprint density at radius 1 is 1.00 bits per heavy atom. The van der Waals surface area contributed by atoms with E-state index in [-0.39, 0.29) is 23.5 Å². The van der Waals surface area contributed by atoms with Crippen LogP contribution in [0.2, 0.25) is 0 Å². The summed E-state index contributed by atoms with van der Waals surface area (Å²) in [5, 5.41) is 0.187. The molecule has 3 aromatic rings. The highest BCUT2D eigenvalue weighted by atomic mass is 19.4. The molecule has 0 saturated heterocycles. The number of carbonyl (C=O) groups excluding carboxylic acids is 2. The SMILES string of the molecule is Cc1c(C(=O)C(F)(F)F)c2ccccc2n1CC(=O)N(C)c1ccccc1. The van der Waals surface area contributed by atoms with Gasteiger partial charge in [0.2, 0.25) is 5.91 Å². The summed E-state index contributed by atoms with van der Waals surface area (Å²) in [4.78, 5) is 26.0. The molecular formula is C20H17F3N2O2. The number of alkyl halides is 3. The highest BCUT2D eigenvalue weighted by Gasteiger charge is 2.42. The molecule has 3 rings (SSSR count). The minimum absolute atomic E-state index is 0.119. The van der Waals surface area contributed by atoms with E-state index in [4.69, 9.17) is 0 Å². The number of anilines is 1. The van der Waals surface area contributed by atoms with Gasteiger partial charge in [0.15, 0.2) is 0 Å². The molecule has 0 aliphatic rings. The number of nitrogens with zero attached hydrogens (tertiary/aromatic N) is 2. The lowest BCUT2D eigenvalue weighted by Crippen LogP contribution is -2.30. The van der Waals surface area contributed by atoms with Gasteiger partial charge in [-0.25, -0.2) is 0 Å². The first-order valence-corrected chi connectivity index (χ1v) is 8.22. The van der Waals surface area contributed by atoms with Gasteiger partial charge in [-0.2, -0.15) is 13.2 Å². The van der Waals surface area contributed by atoms with E-state index in [9.17, 15) is 22.8 Å². The minimum atomic E-state index is -4.98. The number of likely N-dealkylation sites (N-methyl/N-ethyl adjacent to an activating group) is 1. The topological polar surface area (TPSA) is 42.3 Å². The molecule has 0 fully saturated rings. The largest absolute Gasteiger partial charge is 0.454 e. The predicted octanol–water partition coefficient (Wildman–Crippen LogP) is 4.36. The lowest BCUT2D eigenvalue weighted by molar-refractivity contribution is -0.118. The number of halogens is 3. The summed E-state index contributed by atoms with van der Waals surface area (Å²) >= 11 is 0. The Morgan fingerprint density at radius 3 is 2.22 bits per heavy atom. The highest BCUT2D eigenvalue weighted by molar-refractivity contribution is 6.12. The average Bonchev–Trinajstić information content (AvgIpc) is 2.92. The van der Waals surface area contributed by atoms with E-state index in [0.717, 1.165) is 0 Å². The third-order valence-electron chi connectivity index (χ3n) is 4.53. The van der Waals surface area contributed by atoms with Crippen LogP contribution in [0.25, 0.3) is 10.9 Å². The fraction of sp³-hybridized carbons (Fsp3) is 0.200. The van der Waals surface area contributed by atoms with Crippen LogP contribution in [-0.2, 0) is 11.3 Å². The van der Waals surface area contributed by atoms with Crippen LogP contribution in [0, 0.1) is 6.92 Å². The molecule has 1 amide bonds. The molecule has 0 N–H and O–H groups in total. The molecule has 0 atom stereocenters. The number of benzene rings is 2. The minimum Gasteiger partial charge on any atom is -0.335 e. The van der Waals surface area contributed by atoms with Crippen molar-refractivity contribution >= 4 is 28.3 Å². The number of Topliss-reactive ketones (excluding diaryl/α,β-unsaturated/α-hetero) is 1. The number of rotatable bonds is 4. The van der Waals surface area contributed by atoms with Crippen molar-refractivity contribution in [1.29, 1.82) is 0 Å². The maximum absolute atomic E-state index is 13.0. The van der Waals surface area contributed by atoms with Crippen LogP contribution in [0.5, 0.6) is 0 Å². The van der Waals surface area contributed by atoms with Crippen LogP contribution in [0.4, 0.5) is 18.9 Å². The van der Waals surface area contributed by atoms with Gasteiger partial charge in [-0.15, -0.1) is 0 Å². The quantitative estimate of drug-likeness (QED) is 0.637. The molecule has 0 spiro atoms. The summed E-state index contributed by atoms with van der Waals surface area (Å²) in [6, 6.07) is 15.2. The number of aromatic nitrogens is 1. The Morgan fingerprint density at radius 2 is 1.59 bits per heavy atom. The van der Waals surface area contributed by atoms with Gasteiger partial charge in [-0.3, -0.25) is 9.59 Å². The zero-order valence-electron chi connectivity index (χ0n) is 14.7. The monoisotopic (exact) mass is 374 g/mol. The molecule has 1 heterocycles. The zero-order valence-corrected chi connectivity index (χ0v) is 14.7. The maximum Gasteiger partial charge on any atom is 0.454 e. The van der Waals surface area contributed by atoms with E-state index >= 15 is 0 Å². The van der Waals surface area contributed by atoms with Gasteiger partial charge in [0.05, 0.1) is 5.56 Å². The Hall–Kier alpha value is -3.09. The second-order valence-corrected chi connectivity index (χ2v) is 6.18. The van der Waals surface area contributed by atoms with Crippen molar-refractivity contribution < 1.29 is 22.8 Å². The molecule has 0 bridgehead atoms. The Labute approximate surface area is 153 Å². The average molecular weight is 374 g/mol. The number of amides is 1. The van der Waals surface area contributed by atoms with Crippen LogP contribution in [0.15, 0.2) is 54.6 Å². The lowest BCUT2D eigenvalue weighted by Gasteiger charge is -2.18. The van der Waals surface area contributed by atoms with Crippen LogP contribution in [0.3, 0.4) is 0 Å². The normalized spacial score (nSPS) is 11.6. The van der Waals surface area contributed by atoms with Crippen molar-refractivity contribution in [3.63, 3.8) is 0 Å². The van der Waals surface area contributed by atoms with E-state index in [1.165, 1.54) is 22.5 Å². The molecule has 0 aliphatic carbocycles. The molecule has 0 unspecified atom stereocenters. The van der Waals surface area contributed by atoms with Gasteiger partial charge >= 0.3 is 6.18 Å². The Kier molecular flexibility index (Phi) is 4.78. The van der Waals surface area contributed by atoms with Gasteiger partial charge < -0.3 is 9.47 Å². The summed E-state index contributed by atoms with van der Waals surface area (Å²) in [6.07, 6.45) is -4.98. The summed E-state index contributed by atoms with van der Waals surface area (Å²) in [5.74, 6) is -2.21. The fourth-order valence-electron chi connectivity index (χ4n) is 3.10. The van der Waals surface area contributed by atoms with Crippen molar-refractivity contribution in [2.24, 2.45) is 0 Å². The van der Waals surface area contributed by atoms with E-state index < -0.39 is 17.5 Å². The molecule has 0 radical (unpaired) electrons. The molecule has 0 saturated carbocycles. The van der Waals surface area contributed by atoms with Gasteiger partial charge in [0, 0.05) is 29.3 Å². The van der Waals surface area contributed by atoms with E-state index in [1.807, 2.05) is 6.07 Å². The first-order valence-electron chi connectivity index (χ1n) is 8.22. The van der Waals surface area contributed by atoms with E-state index in [0.29, 0.717) is 11.2 Å². The smallest absolute Gasteiger partial charge is 0.335 e. The molecule has 2 aromatic carbocycles. The molecule has 27 heavy (non-hydrogen) atoms. The Bertz CT molecular complexity index is 1010. The van der Waals surface area contributed by atoms with Crippen LogP contribution < -0.4 is 4.90 Å². The molecule has 0 aliphatic heterocycles. The second kappa shape index (κ2) is 6.90. The number of fused-ring (bicyclic) bond motifs is 1. The predicted molar refractivity (Wildman–Crippen MR) is 96.9 cm³/mol. The molecule has 1 aromatic heterocycles. The maximum atomic E-state index is 13.0. The summed E-state index contributed by atoms with van der Waals surface area (Å²) in [6.45, 7) is 1.25. The summed E-state index contributed by atoms with van der Waals surface area (Å²) < 4.78 is 40.5. The van der Waals surface area contributed by atoms with Crippen molar-refractivity contribution in [2.75, 3.05) is 11.9 Å². The standard InChI is InChI=1S/C20H17F3N2O2/c1-13-18(19(27)20(21,22)23)15-10-6-7-11-16(15)25(13)12-17(26)24(2)14-8-4-3-5-9-14/h3-11H,12H2,1-2H3. The van der Waals surface area contributed by atoms with Crippen molar-refractivity contribution in [2.45, 2.75) is 19.6 Å². The fourth-order valence-corrected chi connectivity index (χ4v) is 3.10. The van der Waals surface area contributed by atoms with Gasteiger partial charge in [-0.05, 0) is 25.1 Å². The van der Waals surface area contributed by atoms with Gasteiger partial charge in [0.1, 0.15) is 6.54 Å². The highest BCUT2D eigenvalue weighted by Crippen LogP contribution is 2.32. The molecule has 140 valence electrons. The Balaban J connectivity index is 2.04. The molecule has 7 heteroatoms. The lowest BCUT2D eigenvalue weighted by atomic mass is 10.1. The first-order chi connectivity index (χ1) is 12.7. The number of hydrogen-bond acceptors (Lipinski definition) is 2. The first kappa shape index (κ1) is 18.7. The summed E-state index contributed by atoms with van der Waals surface area (Å²) in [7, 11) is 1.60. The molecule has 4 nitrogen and oxygen atoms in total. The second-order valence-electron chi connectivity index (χ2n) is 6.18. The number of para-hydroxylation sites is 2. The zero-order chi connectivity index (χ0) is 19.8.